The molecular weight excluding hydrogens is 190 g/mol. The molecule has 3 atom stereocenters. The highest BCUT2D eigenvalue weighted by Crippen LogP contribution is 2.16. The average Bonchev–Trinajstić information content (AvgIpc) is 2.70. The number of hydrogen-bond acceptors (Lipinski definition) is 2. The van der Waals surface area contributed by atoms with E-state index in [0.717, 1.165) is 32.3 Å². The lowest BCUT2D eigenvalue weighted by Gasteiger charge is -2.21. The van der Waals surface area contributed by atoms with Crippen LogP contribution >= 0.6 is 0 Å². The van der Waals surface area contributed by atoms with E-state index >= 15 is 0 Å². The molecule has 1 heterocycles. The lowest BCUT2D eigenvalue weighted by atomic mass is 10.0. The van der Waals surface area contributed by atoms with E-state index in [2.05, 4.69) is 12.2 Å². The number of amides is 1. The van der Waals surface area contributed by atoms with E-state index in [4.69, 9.17) is 4.74 Å². The summed E-state index contributed by atoms with van der Waals surface area (Å²) < 4.78 is 5.54. The molecule has 0 radical (unpaired) electrons. The largest absolute Gasteiger partial charge is 0.376 e. The van der Waals surface area contributed by atoms with Crippen LogP contribution in [0.5, 0.6) is 0 Å². The molecule has 0 aromatic carbocycles. The highest BCUT2D eigenvalue weighted by atomic mass is 16.5. The van der Waals surface area contributed by atoms with Crippen molar-refractivity contribution in [2.24, 2.45) is 5.92 Å². The molecule has 15 heavy (non-hydrogen) atoms. The number of carbonyl (C=O) groups excluding carboxylic acids is 1. The molecule has 1 aliphatic heterocycles. The Morgan fingerprint density at radius 1 is 1.53 bits per heavy atom. The van der Waals surface area contributed by atoms with E-state index in [0.29, 0.717) is 0 Å². The summed E-state index contributed by atoms with van der Waals surface area (Å²) in [6, 6.07) is 0.152. The topological polar surface area (TPSA) is 38.3 Å². The fourth-order valence-corrected chi connectivity index (χ4v) is 2.02. The molecule has 1 saturated heterocycles. The van der Waals surface area contributed by atoms with Crippen molar-refractivity contribution in [1.29, 1.82) is 0 Å². The van der Waals surface area contributed by atoms with Crippen LogP contribution in [0.15, 0.2) is 0 Å². The van der Waals surface area contributed by atoms with Gasteiger partial charge in [-0.1, -0.05) is 20.3 Å². The molecule has 3 nitrogen and oxygen atoms in total. The zero-order valence-electron chi connectivity index (χ0n) is 10.1. The second-order valence-corrected chi connectivity index (χ2v) is 4.54. The van der Waals surface area contributed by atoms with Gasteiger partial charge in [-0.2, -0.15) is 0 Å². The summed E-state index contributed by atoms with van der Waals surface area (Å²) in [6.45, 7) is 6.97. The smallest absolute Gasteiger partial charge is 0.223 e. The first kappa shape index (κ1) is 12.5. The Kier molecular flexibility index (Phi) is 5.09. The maximum atomic E-state index is 11.7. The number of carbonyl (C=O) groups is 1. The fraction of sp³-hybridized carbons (Fsp3) is 0.917. The van der Waals surface area contributed by atoms with Crippen LogP contribution in [0.2, 0.25) is 0 Å². The van der Waals surface area contributed by atoms with E-state index in [1.54, 1.807) is 0 Å². The molecular formula is C12H23NO2. The van der Waals surface area contributed by atoms with Crippen LogP contribution in [-0.4, -0.2) is 24.7 Å². The third-order valence-corrected chi connectivity index (χ3v) is 3.06. The Morgan fingerprint density at radius 2 is 2.27 bits per heavy atom. The van der Waals surface area contributed by atoms with E-state index < -0.39 is 0 Å². The van der Waals surface area contributed by atoms with Crippen molar-refractivity contribution in [2.75, 3.05) is 6.61 Å². The number of rotatable bonds is 5. The highest BCUT2D eigenvalue weighted by molar-refractivity contribution is 5.78. The zero-order valence-corrected chi connectivity index (χ0v) is 10.1. The van der Waals surface area contributed by atoms with Crippen molar-refractivity contribution in [2.45, 2.75) is 58.6 Å². The Bertz CT molecular complexity index is 200. The molecule has 0 spiro atoms. The molecule has 88 valence electrons. The molecule has 3 heteroatoms. The van der Waals surface area contributed by atoms with Crippen molar-refractivity contribution in [1.82, 2.24) is 5.32 Å². The van der Waals surface area contributed by atoms with Gasteiger partial charge in [-0.15, -0.1) is 0 Å². The molecule has 3 unspecified atom stereocenters. The predicted molar refractivity (Wildman–Crippen MR) is 60.7 cm³/mol. The lowest BCUT2D eigenvalue weighted by Crippen LogP contribution is -2.43. The number of ether oxygens (including phenoxy) is 1. The molecule has 1 amide bonds. The first-order valence-electron chi connectivity index (χ1n) is 6.07. The van der Waals surface area contributed by atoms with Gasteiger partial charge < -0.3 is 10.1 Å². The van der Waals surface area contributed by atoms with Crippen molar-refractivity contribution in [3.8, 4) is 0 Å². The van der Waals surface area contributed by atoms with Gasteiger partial charge in [0.25, 0.3) is 0 Å². The molecule has 1 N–H and O–H groups in total. The molecule has 0 saturated carbocycles. The van der Waals surface area contributed by atoms with Crippen LogP contribution < -0.4 is 5.32 Å². The van der Waals surface area contributed by atoms with Gasteiger partial charge in [0.1, 0.15) is 0 Å². The summed E-state index contributed by atoms with van der Waals surface area (Å²) in [6.07, 6.45) is 4.44. The molecule has 1 aliphatic rings. The van der Waals surface area contributed by atoms with Crippen LogP contribution in [0.25, 0.3) is 0 Å². The van der Waals surface area contributed by atoms with Gasteiger partial charge in [-0.05, 0) is 26.2 Å². The monoisotopic (exact) mass is 213 g/mol. The molecule has 1 rings (SSSR count). The van der Waals surface area contributed by atoms with Crippen molar-refractivity contribution in [3.05, 3.63) is 0 Å². The maximum absolute atomic E-state index is 11.7. The van der Waals surface area contributed by atoms with Crippen molar-refractivity contribution < 1.29 is 9.53 Å². The summed E-state index contributed by atoms with van der Waals surface area (Å²) >= 11 is 0. The van der Waals surface area contributed by atoms with Gasteiger partial charge in [-0.25, -0.2) is 0 Å². The minimum Gasteiger partial charge on any atom is -0.376 e. The van der Waals surface area contributed by atoms with Crippen LogP contribution in [0.4, 0.5) is 0 Å². The third kappa shape index (κ3) is 3.82. The summed E-state index contributed by atoms with van der Waals surface area (Å²) in [5.74, 6) is 0.290. The molecule has 0 aromatic heterocycles. The van der Waals surface area contributed by atoms with E-state index in [9.17, 15) is 4.79 Å². The second-order valence-electron chi connectivity index (χ2n) is 4.54. The SMILES string of the molecule is CCCC(C)C(=O)NC(C)C1CCCO1. The first-order valence-corrected chi connectivity index (χ1v) is 6.07. The molecule has 0 aromatic rings. The normalized spacial score (nSPS) is 24.9. The van der Waals surface area contributed by atoms with E-state index in [1.165, 1.54) is 0 Å². The summed E-state index contributed by atoms with van der Waals surface area (Å²) in [5, 5.41) is 3.04. The van der Waals surface area contributed by atoms with Gasteiger partial charge in [0.15, 0.2) is 0 Å². The average molecular weight is 213 g/mol. The number of hydrogen-bond donors (Lipinski definition) is 1. The molecule has 0 aliphatic carbocycles. The summed E-state index contributed by atoms with van der Waals surface area (Å²) in [5.41, 5.74) is 0. The number of nitrogens with one attached hydrogen (secondary N) is 1. The van der Waals surface area contributed by atoms with E-state index in [1.807, 2.05) is 13.8 Å². The third-order valence-electron chi connectivity index (χ3n) is 3.06. The van der Waals surface area contributed by atoms with Crippen molar-refractivity contribution >= 4 is 5.91 Å². The Hall–Kier alpha value is -0.570. The van der Waals surface area contributed by atoms with Crippen molar-refractivity contribution in [3.63, 3.8) is 0 Å². The molecule has 0 bridgehead atoms. The fourth-order valence-electron chi connectivity index (χ4n) is 2.02. The minimum absolute atomic E-state index is 0.124. The first-order chi connectivity index (χ1) is 7.15. The maximum Gasteiger partial charge on any atom is 0.223 e. The van der Waals surface area contributed by atoms with Gasteiger partial charge in [0, 0.05) is 12.5 Å². The van der Waals surface area contributed by atoms with Crippen LogP contribution in [0.3, 0.4) is 0 Å². The van der Waals surface area contributed by atoms with Gasteiger partial charge in [0.2, 0.25) is 5.91 Å². The quantitative estimate of drug-likeness (QED) is 0.759. The summed E-state index contributed by atoms with van der Waals surface area (Å²) in [7, 11) is 0. The Morgan fingerprint density at radius 3 is 2.80 bits per heavy atom. The van der Waals surface area contributed by atoms with E-state index in [-0.39, 0.29) is 24.0 Å². The van der Waals surface area contributed by atoms with Crippen LogP contribution in [-0.2, 0) is 9.53 Å². The van der Waals surface area contributed by atoms with Gasteiger partial charge in [0.05, 0.1) is 12.1 Å². The molecule has 1 fully saturated rings. The standard InChI is InChI=1S/C12H23NO2/c1-4-6-9(2)12(14)13-10(3)11-7-5-8-15-11/h9-11H,4-8H2,1-3H3,(H,13,14). The van der Waals surface area contributed by atoms with Crippen LogP contribution in [0.1, 0.15) is 46.5 Å². The zero-order chi connectivity index (χ0) is 11.3. The second kappa shape index (κ2) is 6.11. The lowest BCUT2D eigenvalue weighted by molar-refractivity contribution is -0.126. The predicted octanol–water partition coefficient (Wildman–Crippen LogP) is 2.11. The van der Waals surface area contributed by atoms with Gasteiger partial charge >= 0.3 is 0 Å². The Labute approximate surface area is 92.6 Å². The Balaban J connectivity index is 2.29. The summed E-state index contributed by atoms with van der Waals surface area (Å²) in [4.78, 5) is 11.7. The van der Waals surface area contributed by atoms with Crippen LogP contribution in [0, 0.1) is 5.92 Å². The minimum atomic E-state index is 0.124. The van der Waals surface area contributed by atoms with Gasteiger partial charge in [-0.3, -0.25) is 4.79 Å². The highest BCUT2D eigenvalue weighted by Gasteiger charge is 2.24.